The molecule has 1 aliphatic rings. The quantitative estimate of drug-likeness (QED) is 0.360. The summed E-state index contributed by atoms with van der Waals surface area (Å²) in [5.74, 6) is -0.431. The minimum atomic E-state index is -0.486. The van der Waals surface area contributed by atoms with Crippen LogP contribution in [0.1, 0.15) is 22.3 Å². The van der Waals surface area contributed by atoms with Crippen LogP contribution < -0.4 is 0 Å². The van der Waals surface area contributed by atoms with E-state index in [4.69, 9.17) is 19.7 Å². The molecule has 1 aliphatic heterocycles. The molecule has 1 fully saturated rings. The third-order valence-corrected chi connectivity index (χ3v) is 3.32. The fraction of sp³-hybridized carbons (Fsp3) is 0.500. The Bertz CT molecular complexity index is 540. The minimum Gasteiger partial charge on any atom is -0.459 e. The van der Waals surface area contributed by atoms with Gasteiger partial charge in [0.25, 0.3) is 0 Å². The molecule has 0 saturated carbocycles. The molecule has 3 atom stereocenters. The van der Waals surface area contributed by atoms with Crippen LogP contribution in [0, 0.1) is 6.92 Å². The van der Waals surface area contributed by atoms with Gasteiger partial charge in [0, 0.05) is 18.4 Å². The molecule has 1 aromatic carbocycles. The molecule has 0 N–H and O–H groups in total. The molecule has 1 aromatic rings. The Kier molecular flexibility index (Phi) is 5.16. The van der Waals surface area contributed by atoms with Gasteiger partial charge in [0.05, 0.1) is 11.6 Å². The Morgan fingerprint density at radius 1 is 1.48 bits per heavy atom. The second-order valence-electron chi connectivity index (χ2n) is 4.81. The topological polar surface area (TPSA) is 93.5 Å². The smallest absolute Gasteiger partial charge is 0.338 e. The Morgan fingerprint density at radius 2 is 2.19 bits per heavy atom. The lowest BCUT2D eigenvalue weighted by Gasteiger charge is -2.15. The number of ether oxygens (including phenoxy) is 3. The zero-order valence-corrected chi connectivity index (χ0v) is 11.9. The van der Waals surface area contributed by atoms with Gasteiger partial charge in [-0.25, -0.2) is 4.79 Å². The van der Waals surface area contributed by atoms with E-state index >= 15 is 0 Å². The number of methoxy groups -OCH3 is 1. The summed E-state index contributed by atoms with van der Waals surface area (Å²) in [5.41, 5.74) is 10.1. The van der Waals surface area contributed by atoms with Crippen LogP contribution in [0.25, 0.3) is 10.4 Å². The monoisotopic (exact) mass is 291 g/mol. The molecule has 0 radical (unpaired) electrons. The van der Waals surface area contributed by atoms with Gasteiger partial charge in [-0.2, -0.15) is 0 Å². The maximum Gasteiger partial charge on any atom is 0.338 e. The maximum atomic E-state index is 11.9. The molecule has 0 aliphatic carbocycles. The van der Waals surface area contributed by atoms with E-state index in [2.05, 4.69) is 10.0 Å². The highest BCUT2D eigenvalue weighted by Gasteiger charge is 2.35. The Hall–Kier alpha value is -2.08. The van der Waals surface area contributed by atoms with Crippen LogP contribution in [0.15, 0.2) is 29.4 Å². The van der Waals surface area contributed by atoms with Crippen molar-refractivity contribution in [1.82, 2.24) is 0 Å². The molecule has 7 heteroatoms. The highest BCUT2D eigenvalue weighted by molar-refractivity contribution is 5.89. The number of esters is 1. The lowest BCUT2D eigenvalue weighted by Crippen LogP contribution is -2.27. The first-order chi connectivity index (χ1) is 10.1. The second kappa shape index (κ2) is 7.08. The number of rotatable bonds is 5. The van der Waals surface area contributed by atoms with Crippen molar-refractivity contribution in [3.05, 3.63) is 45.8 Å². The lowest BCUT2D eigenvalue weighted by atomic mass is 10.1. The summed E-state index contributed by atoms with van der Waals surface area (Å²) < 4.78 is 15.8. The molecule has 0 spiro atoms. The van der Waals surface area contributed by atoms with E-state index in [0.29, 0.717) is 12.0 Å². The molecule has 0 amide bonds. The molecule has 21 heavy (non-hydrogen) atoms. The molecule has 0 unspecified atom stereocenters. The molecule has 0 aromatic heterocycles. The number of nitrogens with zero attached hydrogens (tertiary/aromatic N) is 3. The maximum absolute atomic E-state index is 11.9. The van der Waals surface area contributed by atoms with Gasteiger partial charge in [0.15, 0.2) is 6.29 Å². The van der Waals surface area contributed by atoms with Gasteiger partial charge in [0.1, 0.15) is 12.7 Å². The molecular weight excluding hydrogens is 274 g/mol. The normalized spacial score (nSPS) is 24.4. The van der Waals surface area contributed by atoms with E-state index in [1.807, 2.05) is 19.1 Å². The first-order valence-electron chi connectivity index (χ1n) is 6.60. The van der Waals surface area contributed by atoms with E-state index in [0.717, 1.165) is 5.56 Å². The summed E-state index contributed by atoms with van der Waals surface area (Å²) in [5, 5.41) is 3.65. The average Bonchev–Trinajstić information content (AvgIpc) is 2.88. The summed E-state index contributed by atoms with van der Waals surface area (Å²) in [6, 6.07) is 6.69. The van der Waals surface area contributed by atoms with Crippen LogP contribution in [-0.2, 0) is 14.2 Å². The number of carbonyl (C=O) groups is 1. The Morgan fingerprint density at radius 3 is 2.81 bits per heavy atom. The zero-order chi connectivity index (χ0) is 15.2. The van der Waals surface area contributed by atoms with Crippen molar-refractivity contribution in [3.63, 3.8) is 0 Å². The van der Waals surface area contributed by atoms with Gasteiger partial charge < -0.3 is 14.2 Å². The number of azide groups is 1. The summed E-state index contributed by atoms with van der Waals surface area (Å²) in [6.45, 7) is 1.97. The van der Waals surface area contributed by atoms with Crippen LogP contribution in [0.2, 0.25) is 0 Å². The van der Waals surface area contributed by atoms with Crippen molar-refractivity contribution in [3.8, 4) is 0 Å². The molecule has 7 nitrogen and oxygen atoms in total. The first kappa shape index (κ1) is 15.3. The lowest BCUT2D eigenvalue weighted by molar-refractivity contribution is -0.124. The van der Waals surface area contributed by atoms with Crippen LogP contribution in [0.5, 0.6) is 0 Å². The number of carbonyl (C=O) groups excluding carboxylic acids is 1. The molecule has 1 saturated heterocycles. The van der Waals surface area contributed by atoms with Crippen LogP contribution >= 0.6 is 0 Å². The van der Waals surface area contributed by atoms with Crippen molar-refractivity contribution in [1.29, 1.82) is 0 Å². The highest BCUT2D eigenvalue weighted by Crippen LogP contribution is 2.24. The van der Waals surface area contributed by atoms with E-state index in [1.54, 1.807) is 12.1 Å². The molecule has 2 rings (SSSR count). The summed E-state index contributed by atoms with van der Waals surface area (Å²) in [6.07, 6.45) is -0.475. The predicted octanol–water partition coefficient (Wildman–Crippen LogP) is 2.59. The van der Waals surface area contributed by atoms with Gasteiger partial charge >= 0.3 is 5.97 Å². The zero-order valence-electron chi connectivity index (χ0n) is 11.9. The van der Waals surface area contributed by atoms with Crippen LogP contribution in [0.4, 0.5) is 0 Å². The van der Waals surface area contributed by atoms with Gasteiger partial charge in [-0.15, -0.1) is 0 Å². The predicted molar refractivity (Wildman–Crippen MR) is 74.7 cm³/mol. The molecule has 0 bridgehead atoms. The van der Waals surface area contributed by atoms with E-state index in [9.17, 15) is 4.79 Å². The molecule has 1 heterocycles. The Labute approximate surface area is 122 Å². The van der Waals surface area contributed by atoms with E-state index in [1.165, 1.54) is 7.11 Å². The minimum absolute atomic E-state index is 0.0241. The van der Waals surface area contributed by atoms with Crippen molar-refractivity contribution in [2.24, 2.45) is 5.11 Å². The van der Waals surface area contributed by atoms with Crippen LogP contribution in [0.3, 0.4) is 0 Å². The van der Waals surface area contributed by atoms with Crippen LogP contribution in [-0.4, -0.2) is 38.1 Å². The first-order valence-corrected chi connectivity index (χ1v) is 6.60. The third-order valence-electron chi connectivity index (χ3n) is 3.32. The van der Waals surface area contributed by atoms with Crippen molar-refractivity contribution < 1.29 is 19.0 Å². The summed E-state index contributed by atoms with van der Waals surface area (Å²) in [4.78, 5) is 14.7. The highest BCUT2D eigenvalue weighted by atomic mass is 16.7. The van der Waals surface area contributed by atoms with Crippen molar-refractivity contribution >= 4 is 5.97 Å². The van der Waals surface area contributed by atoms with Crippen molar-refractivity contribution in [2.45, 2.75) is 31.8 Å². The van der Waals surface area contributed by atoms with Gasteiger partial charge in [0.2, 0.25) is 0 Å². The van der Waals surface area contributed by atoms with Gasteiger partial charge in [-0.3, -0.25) is 0 Å². The largest absolute Gasteiger partial charge is 0.459 e. The summed E-state index contributed by atoms with van der Waals surface area (Å²) >= 11 is 0. The van der Waals surface area contributed by atoms with E-state index < -0.39 is 24.4 Å². The second-order valence-corrected chi connectivity index (χ2v) is 4.81. The number of hydrogen-bond donors (Lipinski definition) is 0. The number of aryl methyl sites for hydroxylation is 1. The number of hydrogen-bond acceptors (Lipinski definition) is 5. The van der Waals surface area contributed by atoms with E-state index in [-0.39, 0.29) is 6.61 Å². The summed E-state index contributed by atoms with van der Waals surface area (Å²) in [7, 11) is 1.51. The molecule has 112 valence electrons. The SMILES string of the molecule is CO[C@@H]1C[C@H](N=[N+]=[N-])[C@@H](COC(=O)c2ccc(C)cc2)O1. The van der Waals surface area contributed by atoms with Gasteiger partial charge in [-0.1, -0.05) is 22.8 Å². The fourth-order valence-corrected chi connectivity index (χ4v) is 2.11. The van der Waals surface area contributed by atoms with Crippen molar-refractivity contribution in [2.75, 3.05) is 13.7 Å². The molecular formula is C14H17N3O4. The third kappa shape index (κ3) is 3.95. The standard InChI is InChI=1S/C14H17N3O4/c1-9-3-5-10(6-4-9)14(18)20-8-12-11(16-17-15)7-13(19-2)21-12/h3-6,11-13H,7-8H2,1-2H3/t11-,12+,13-/m0/s1. The van der Waals surface area contributed by atoms with Gasteiger partial charge in [-0.05, 0) is 24.6 Å². The number of benzene rings is 1. The fourth-order valence-electron chi connectivity index (χ4n) is 2.11. The Balaban J connectivity index is 1.93. The average molecular weight is 291 g/mol.